The summed E-state index contributed by atoms with van der Waals surface area (Å²) in [5.74, 6) is 1.03. The van der Waals surface area contributed by atoms with E-state index < -0.39 is 0 Å². The molecule has 1 aromatic heterocycles. The second-order valence-electron chi connectivity index (χ2n) is 3.88. The first-order chi connectivity index (χ1) is 6.27. The van der Waals surface area contributed by atoms with Crippen molar-refractivity contribution < 1.29 is 0 Å². The molecule has 3 rings (SSSR count). The van der Waals surface area contributed by atoms with Gasteiger partial charge in [0.15, 0.2) is 0 Å². The molecule has 1 heterocycles. The molecule has 2 aliphatic carbocycles. The molecule has 0 aliphatic heterocycles. The van der Waals surface area contributed by atoms with Crippen LogP contribution in [0.5, 0.6) is 0 Å². The number of halogens is 2. The van der Waals surface area contributed by atoms with E-state index in [0.29, 0.717) is 11.8 Å². The van der Waals surface area contributed by atoms with Gasteiger partial charge in [-0.05, 0) is 24.5 Å². The van der Waals surface area contributed by atoms with Crippen LogP contribution in [-0.4, -0.2) is 10.4 Å². The molecule has 1 aromatic rings. The molecule has 3 atom stereocenters. The fourth-order valence-corrected chi connectivity index (χ4v) is 3.40. The Labute approximate surface area is 87.1 Å². The largest absolute Gasteiger partial charge is 0.261 e. The molecule has 13 heavy (non-hydrogen) atoms. The van der Waals surface area contributed by atoms with E-state index in [1.807, 2.05) is 6.07 Å². The maximum atomic E-state index is 6.22. The van der Waals surface area contributed by atoms with Gasteiger partial charge in [0.2, 0.25) is 0 Å². The summed E-state index contributed by atoms with van der Waals surface area (Å²) in [6.45, 7) is 0. The Balaban J connectivity index is 2.21. The summed E-state index contributed by atoms with van der Waals surface area (Å²) in [6.07, 6.45) is 4.03. The number of pyridine rings is 1. The van der Waals surface area contributed by atoms with Crippen LogP contribution in [0.2, 0.25) is 5.02 Å². The van der Waals surface area contributed by atoms with Crippen LogP contribution in [0.4, 0.5) is 0 Å². The van der Waals surface area contributed by atoms with Gasteiger partial charge in [-0.1, -0.05) is 11.6 Å². The van der Waals surface area contributed by atoms with E-state index in [4.69, 9.17) is 23.2 Å². The van der Waals surface area contributed by atoms with Crippen LogP contribution >= 0.6 is 23.2 Å². The summed E-state index contributed by atoms with van der Waals surface area (Å²) in [5, 5.41) is 1.13. The van der Waals surface area contributed by atoms with Gasteiger partial charge in [0.05, 0.1) is 0 Å². The maximum absolute atomic E-state index is 6.22. The molecule has 1 nitrogen and oxygen atoms in total. The van der Waals surface area contributed by atoms with Crippen molar-refractivity contribution >= 4 is 23.2 Å². The second-order valence-corrected chi connectivity index (χ2v) is 4.85. The quantitative estimate of drug-likeness (QED) is 0.603. The molecule has 3 heteroatoms. The lowest BCUT2D eigenvalue weighted by Crippen LogP contribution is -2.11. The van der Waals surface area contributed by atoms with E-state index >= 15 is 0 Å². The molecule has 1 saturated carbocycles. The molecule has 0 amide bonds. The molecule has 0 spiro atoms. The highest BCUT2D eigenvalue weighted by molar-refractivity contribution is 6.31. The predicted molar refractivity (Wildman–Crippen MR) is 53.6 cm³/mol. The third kappa shape index (κ3) is 0.976. The van der Waals surface area contributed by atoms with Crippen molar-refractivity contribution in [3.8, 4) is 0 Å². The highest BCUT2D eigenvalue weighted by Gasteiger charge is 2.44. The van der Waals surface area contributed by atoms with Crippen LogP contribution in [0.15, 0.2) is 12.3 Å². The molecule has 2 aliphatic rings. The highest BCUT2D eigenvalue weighted by atomic mass is 35.5. The third-order valence-corrected chi connectivity index (χ3v) is 4.02. The Hall–Kier alpha value is -0.270. The minimum Gasteiger partial charge on any atom is -0.261 e. The second kappa shape index (κ2) is 2.61. The van der Waals surface area contributed by atoms with Crippen molar-refractivity contribution in [1.29, 1.82) is 0 Å². The van der Waals surface area contributed by atoms with E-state index in [1.165, 1.54) is 11.3 Å². The molecular weight excluding hydrogens is 205 g/mol. The maximum Gasteiger partial charge on any atom is 0.0485 e. The van der Waals surface area contributed by atoms with Crippen molar-refractivity contribution in [3.63, 3.8) is 0 Å². The fraction of sp³-hybridized carbons (Fsp3) is 0.500. The number of hydrogen-bond acceptors (Lipinski definition) is 1. The molecule has 0 saturated heterocycles. The average molecular weight is 214 g/mol. The Kier molecular flexibility index (Phi) is 1.62. The molecule has 0 aromatic carbocycles. The third-order valence-electron chi connectivity index (χ3n) is 3.21. The number of alkyl halides is 1. The van der Waals surface area contributed by atoms with E-state index in [9.17, 15) is 0 Å². The van der Waals surface area contributed by atoms with Crippen LogP contribution in [0.3, 0.4) is 0 Å². The molecule has 0 radical (unpaired) electrons. The monoisotopic (exact) mass is 213 g/mol. The lowest BCUT2D eigenvalue weighted by Gasteiger charge is -2.19. The summed E-state index contributed by atoms with van der Waals surface area (Å²) in [7, 11) is 0. The summed E-state index contributed by atoms with van der Waals surface area (Å²) >= 11 is 12.4. The lowest BCUT2D eigenvalue weighted by molar-refractivity contribution is 0.704. The first kappa shape index (κ1) is 8.07. The van der Waals surface area contributed by atoms with Gasteiger partial charge in [-0.2, -0.15) is 0 Å². The topological polar surface area (TPSA) is 12.9 Å². The van der Waals surface area contributed by atoms with E-state index in [-0.39, 0.29) is 5.38 Å². The van der Waals surface area contributed by atoms with Crippen LogP contribution in [0.25, 0.3) is 0 Å². The summed E-state index contributed by atoms with van der Waals surface area (Å²) < 4.78 is 0. The first-order valence-corrected chi connectivity index (χ1v) is 5.37. The molecule has 1 fully saturated rings. The Morgan fingerprint density at radius 1 is 1.38 bits per heavy atom. The molecule has 0 N–H and O–H groups in total. The van der Waals surface area contributed by atoms with E-state index in [2.05, 4.69) is 4.98 Å². The Bertz CT molecular complexity index is 364. The highest BCUT2D eigenvalue weighted by Crippen LogP contribution is 2.55. The number of hydrogen-bond donors (Lipinski definition) is 0. The SMILES string of the molecule is Clc1ccnc2c1[C@H]1C[C@@H]2C[C@@H]1Cl. The Morgan fingerprint density at radius 3 is 3.08 bits per heavy atom. The van der Waals surface area contributed by atoms with Crippen LogP contribution in [0.1, 0.15) is 35.9 Å². The van der Waals surface area contributed by atoms with Crippen molar-refractivity contribution in [2.24, 2.45) is 0 Å². The predicted octanol–water partition coefficient (Wildman–Crippen LogP) is 3.32. The smallest absolute Gasteiger partial charge is 0.0485 e. The lowest BCUT2D eigenvalue weighted by atomic mass is 9.96. The van der Waals surface area contributed by atoms with Crippen molar-refractivity contribution in [2.45, 2.75) is 30.1 Å². The molecule has 0 unspecified atom stereocenters. The van der Waals surface area contributed by atoms with E-state index in [0.717, 1.165) is 17.9 Å². The Morgan fingerprint density at radius 2 is 2.23 bits per heavy atom. The fourth-order valence-electron chi connectivity index (χ4n) is 2.67. The number of nitrogens with zero attached hydrogens (tertiary/aromatic N) is 1. The summed E-state index contributed by atoms with van der Waals surface area (Å²) in [4.78, 5) is 4.39. The van der Waals surface area contributed by atoms with Gasteiger partial charge in [-0.15, -0.1) is 11.6 Å². The van der Waals surface area contributed by atoms with Crippen LogP contribution in [-0.2, 0) is 0 Å². The van der Waals surface area contributed by atoms with Gasteiger partial charge < -0.3 is 0 Å². The van der Waals surface area contributed by atoms with Gasteiger partial charge in [-0.25, -0.2) is 0 Å². The van der Waals surface area contributed by atoms with E-state index in [1.54, 1.807) is 6.20 Å². The normalized spacial score (nSPS) is 35.1. The van der Waals surface area contributed by atoms with Gasteiger partial charge in [0.1, 0.15) is 0 Å². The molecule has 68 valence electrons. The van der Waals surface area contributed by atoms with Gasteiger partial charge in [0.25, 0.3) is 0 Å². The summed E-state index contributed by atoms with van der Waals surface area (Å²) in [6, 6.07) is 1.87. The van der Waals surface area contributed by atoms with Crippen molar-refractivity contribution in [1.82, 2.24) is 4.98 Å². The first-order valence-electron chi connectivity index (χ1n) is 4.55. The van der Waals surface area contributed by atoms with Gasteiger partial charge >= 0.3 is 0 Å². The standard InChI is InChI=1S/C10H9Cl2N/c11-7-1-2-13-10-5-3-6(9(7)10)8(12)4-5/h1-2,5-6,8H,3-4H2/t5-,6+,8+/m1/s1. The zero-order chi connectivity index (χ0) is 9.00. The minimum absolute atomic E-state index is 0.277. The van der Waals surface area contributed by atoms with Gasteiger partial charge in [-0.3, -0.25) is 4.98 Å². The molecule has 2 bridgehead atoms. The average Bonchev–Trinajstić information content (AvgIpc) is 2.62. The minimum atomic E-state index is 0.277. The molecular formula is C10H9Cl2N. The van der Waals surface area contributed by atoms with Crippen molar-refractivity contribution in [2.75, 3.05) is 0 Å². The van der Waals surface area contributed by atoms with Gasteiger partial charge in [0, 0.05) is 34.1 Å². The number of aromatic nitrogens is 1. The number of fused-ring (bicyclic) bond motifs is 5. The van der Waals surface area contributed by atoms with Crippen molar-refractivity contribution in [3.05, 3.63) is 28.5 Å². The number of rotatable bonds is 0. The summed E-state index contributed by atoms with van der Waals surface area (Å²) in [5.41, 5.74) is 2.43. The zero-order valence-electron chi connectivity index (χ0n) is 7.00. The van der Waals surface area contributed by atoms with Crippen LogP contribution in [0, 0.1) is 0 Å². The van der Waals surface area contributed by atoms with Crippen LogP contribution < -0.4 is 0 Å². The zero-order valence-corrected chi connectivity index (χ0v) is 8.52.